The predicted octanol–water partition coefficient (Wildman–Crippen LogP) is 4.65. The minimum atomic E-state index is -0.281. The van der Waals surface area contributed by atoms with E-state index in [1.807, 2.05) is 30.3 Å². The van der Waals surface area contributed by atoms with Gasteiger partial charge in [-0.3, -0.25) is 9.78 Å². The summed E-state index contributed by atoms with van der Waals surface area (Å²) in [6.07, 6.45) is 2.47. The first-order valence-electron chi connectivity index (χ1n) is 8.54. The third-order valence-corrected chi connectivity index (χ3v) is 4.21. The molecule has 5 nitrogen and oxygen atoms in total. The Balaban J connectivity index is 1.57. The Morgan fingerprint density at radius 3 is 2.63 bits per heavy atom. The fraction of sp³-hybridized carbons (Fsp3) is 0.143. The van der Waals surface area contributed by atoms with E-state index in [-0.39, 0.29) is 5.91 Å². The van der Waals surface area contributed by atoms with Crippen molar-refractivity contribution in [2.24, 2.45) is 0 Å². The summed E-state index contributed by atoms with van der Waals surface area (Å²) in [5.41, 5.74) is 3.02. The number of benzene rings is 2. The number of amides is 1. The first kappa shape index (κ1) is 18.7. The molecule has 0 atom stereocenters. The first-order valence-corrected chi connectivity index (χ1v) is 8.91. The van der Waals surface area contributed by atoms with Crippen molar-refractivity contribution in [1.29, 1.82) is 0 Å². The number of carbonyl (C=O) groups is 1. The van der Waals surface area contributed by atoms with Gasteiger partial charge in [0.05, 0.1) is 7.11 Å². The van der Waals surface area contributed by atoms with Gasteiger partial charge in [0, 0.05) is 29.1 Å². The van der Waals surface area contributed by atoms with Crippen LogP contribution in [0.3, 0.4) is 0 Å². The van der Waals surface area contributed by atoms with Crippen LogP contribution in [0, 0.1) is 0 Å². The normalized spacial score (nSPS) is 10.3. The smallest absolute Gasteiger partial charge is 0.274 e. The molecule has 0 saturated heterocycles. The maximum Gasteiger partial charge on any atom is 0.274 e. The van der Waals surface area contributed by atoms with E-state index in [0.29, 0.717) is 16.4 Å². The number of anilines is 2. The number of halogens is 1. The largest absolute Gasteiger partial charge is 0.497 e. The van der Waals surface area contributed by atoms with Gasteiger partial charge < -0.3 is 15.4 Å². The van der Waals surface area contributed by atoms with E-state index in [1.54, 1.807) is 43.6 Å². The lowest BCUT2D eigenvalue weighted by Crippen LogP contribution is -2.14. The molecule has 1 aromatic heterocycles. The van der Waals surface area contributed by atoms with Crippen molar-refractivity contribution in [2.45, 2.75) is 6.42 Å². The molecule has 0 spiro atoms. The maximum atomic E-state index is 12.4. The second-order valence-corrected chi connectivity index (χ2v) is 6.36. The number of ether oxygens (including phenoxy) is 1. The van der Waals surface area contributed by atoms with Gasteiger partial charge in [0.15, 0.2) is 0 Å². The first-order chi connectivity index (χ1) is 13.1. The fourth-order valence-corrected chi connectivity index (χ4v) is 2.76. The van der Waals surface area contributed by atoms with Crippen LogP contribution in [0.4, 0.5) is 11.4 Å². The van der Waals surface area contributed by atoms with Crippen LogP contribution in [-0.2, 0) is 6.42 Å². The van der Waals surface area contributed by atoms with Crippen molar-refractivity contribution in [3.05, 3.63) is 83.1 Å². The van der Waals surface area contributed by atoms with E-state index >= 15 is 0 Å². The van der Waals surface area contributed by atoms with Gasteiger partial charge >= 0.3 is 0 Å². The predicted molar refractivity (Wildman–Crippen MR) is 109 cm³/mol. The molecule has 0 unspecified atom stereocenters. The summed E-state index contributed by atoms with van der Waals surface area (Å²) in [6.45, 7) is 0.742. The zero-order chi connectivity index (χ0) is 19.1. The number of carbonyl (C=O) groups excluding carboxylic acids is 1. The quantitative estimate of drug-likeness (QED) is 0.625. The van der Waals surface area contributed by atoms with Crippen LogP contribution in [-0.4, -0.2) is 24.5 Å². The summed E-state index contributed by atoms with van der Waals surface area (Å²) in [5, 5.41) is 6.68. The van der Waals surface area contributed by atoms with Gasteiger partial charge in [-0.1, -0.05) is 29.8 Å². The Hall–Kier alpha value is -3.05. The molecule has 0 aliphatic heterocycles. The molecule has 0 radical (unpaired) electrons. The lowest BCUT2D eigenvalue weighted by molar-refractivity contribution is 0.102. The van der Waals surface area contributed by atoms with Crippen molar-refractivity contribution in [3.8, 4) is 5.75 Å². The summed E-state index contributed by atoms with van der Waals surface area (Å²) in [4.78, 5) is 16.5. The molecule has 27 heavy (non-hydrogen) atoms. The Kier molecular flexibility index (Phi) is 6.28. The highest BCUT2D eigenvalue weighted by molar-refractivity contribution is 6.30. The molecule has 6 heteroatoms. The molecule has 3 rings (SSSR count). The number of rotatable bonds is 7. The Morgan fingerprint density at radius 1 is 1.07 bits per heavy atom. The van der Waals surface area contributed by atoms with Crippen LogP contribution in [0.2, 0.25) is 5.02 Å². The number of pyridine rings is 1. The average Bonchev–Trinajstić information content (AvgIpc) is 2.69. The molecule has 0 aliphatic rings. The second kappa shape index (κ2) is 9.05. The van der Waals surface area contributed by atoms with E-state index in [4.69, 9.17) is 16.3 Å². The van der Waals surface area contributed by atoms with Gasteiger partial charge in [-0.05, 0) is 54.4 Å². The van der Waals surface area contributed by atoms with E-state index in [0.717, 1.165) is 24.4 Å². The highest BCUT2D eigenvalue weighted by Gasteiger charge is 2.09. The molecule has 0 bridgehead atoms. The maximum absolute atomic E-state index is 12.4. The molecular formula is C21H20ClN3O2. The van der Waals surface area contributed by atoms with E-state index in [1.165, 1.54) is 5.56 Å². The van der Waals surface area contributed by atoms with Crippen molar-refractivity contribution in [3.63, 3.8) is 0 Å². The molecule has 3 aromatic rings. The molecule has 138 valence electrons. The number of nitrogens with zero attached hydrogens (tertiary/aromatic N) is 1. The number of aromatic nitrogens is 1. The molecule has 1 heterocycles. The number of hydrogen-bond acceptors (Lipinski definition) is 4. The zero-order valence-electron chi connectivity index (χ0n) is 14.9. The van der Waals surface area contributed by atoms with Gasteiger partial charge in [-0.25, -0.2) is 0 Å². The molecule has 1 amide bonds. The minimum Gasteiger partial charge on any atom is -0.497 e. The Bertz CT molecular complexity index is 913. The van der Waals surface area contributed by atoms with Crippen LogP contribution in [0.25, 0.3) is 0 Å². The van der Waals surface area contributed by atoms with Gasteiger partial charge in [0.1, 0.15) is 11.4 Å². The van der Waals surface area contributed by atoms with Crippen molar-refractivity contribution in [1.82, 2.24) is 4.98 Å². The number of methoxy groups -OCH3 is 1. The molecule has 0 fully saturated rings. The second-order valence-electron chi connectivity index (χ2n) is 5.92. The van der Waals surface area contributed by atoms with Gasteiger partial charge in [0.25, 0.3) is 5.91 Å². The topological polar surface area (TPSA) is 63.2 Å². The fourth-order valence-electron chi connectivity index (χ4n) is 2.57. The van der Waals surface area contributed by atoms with Crippen LogP contribution < -0.4 is 15.4 Å². The van der Waals surface area contributed by atoms with Crippen molar-refractivity contribution >= 4 is 28.9 Å². The third-order valence-electron chi connectivity index (χ3n) is 3.98. The van der Waals surface area contributed by atoms with Crippen LogP contribution in [0.1, 0.15) is 16.1 Å². The third kappa shape index (κ3) is 5.46. The standard InChI is InChI=1S/C21H20ClN3O2/c1-27-19-7-5-15(6-8-19)9-11-23-17-10-12-24-20(14-17)21(26)25-18-4-2-3-16(22)13-18/h2-8,10,12-14H,9,11H2,1H3,(H,23,24)(H,25,26). The van der Waals surface area contributed by atoms with Crippen molar-refractivity contribution in [2.75, 3.05) is 24.3 Å². The molecular weight excluding hydrogens is 362 g/mol. The van der Waals surface area contributed by atoms with Gasteiger partial charge in [-0.2, -0.15) is 0 Å². The van der Waals surface area contributed by atoms with Crippen LogP contribution in [0.15, 0.2) is 66.9 Å². The monoisotopic (exact) mass is 381 g/mol. The van der Waals surface area contributed by atoms with E-state index < -0.39 is 0 Å². The summed E-state index contributed by atoms with van der Waals surface area (Å²) >= 11 is 5.94. The SMILES string of the molecule is COc1ccc(CCNc2ccnc(C(=O)Nc3cccc(Cl)c3)c2)cc1. The summed E-state index contributed by atoms with van der Waals surface area (Å²) < 4.78 is 5.16. The number of nitrogens with one attached hydrogen (secondary N) is 2. The highest BCUT2D eigenvalue weighted by Crippen LogP contribution is 2.17. The lowest BCUT2D eigenvalue weighted by atomic mass is 10.1. The summed E-state index contributed by atoms with van der Waals surface area (Å²) in [6, 6.07) is 18.5. The minimum absolute atomic E-state index is 0.281. The summed E-state index contributed by atoms with van der Waals surface area (Å²) in [7, 11) is 1.65. The van der Waals surface area contributed by atoms with Crippen LogP contribution in [0.5, 0.6) is 5.75 Å². The van der Waals surface area contributed by atoms with Gasteiger partial charge in [0.2, 0.25) is 0 Å². The molecule has 0 saturated carbocycles. The number of hydrogen-bond donors (Lipinski definition) is 2. The van der Waals surface area contributed by atoms with E-state index in [9.17, 15) is 4.79 Å². The zero-order valence-corrected chi connectivity index (χ0v) is 15.7. The lowest BCUT2D eigenvalue weighted by Gasteiger charge is -2.09. The molecule has 2 N–H and O–H groups in total. The van der Waals surface area contributed by atoms with Gasteiger partial charge in [-0.15, -0.1) is 0 Å². The van der Waals surface area contributed by atoms with Crippen molar-refractivity contribution < 1.29 is 9.53 Å². The average molecular weight is 382 g/mol. The Morgan fingerprint density at radius 2 is 1.89 bits per heavy atom. The van der Waals surface area contributed by atoms with E-state index in [2.05, 4.69) is 15.6 Å². The highest BCUT2D eigenvalue weighted by atomic mass is 35.5. The molecule has 2 aromatic carbocycles. The Labute approximate surface area is 163 Å². The summed E-state index contributed by atoms with van der Waals surface area (Å²) in [5.74, 6) is 0.562. The van der Waals surface area contributed by atoms with Crippen LogP contribution >= 0.6 is 11.6 Å². The molecule has 0 aliphatic carbocycles.